The molecule has 0 amide bonds. The Morgan fingerprint density at radius 3 is 3.15 bits per heavy atom. The highest BCUT2D eigenvalue weighted by molar-refractivity contribution is 7.10. The average Bonchev–Trinajstić information content (AvgIpc) is 2.57. The van der Waals surface area contributed by atoms with Crippen LogP contribution in [-0.2, 0) is 9.53 Å². The van der Waals surface area contributed by atoms with Gasteiger partial charge in [-0.05, 0) is 18.4 Å². The van der Waals surface area contributed by atoms with Crippen LogP contribution in [0.5, 0.6) is 0 Å². The molecule has 0 saturated carbocycles. The van der Waals surface area contributed by atoms with Crippen LogP contribution in [0.2, 0.25) is 0 Å². The van der Waals surface area contributed by atoms with Crippen LogP contribution in [0.4, 0.5) is 0 Å². The zero-order chi connectivity index (χ0) is 9.52. The van der Waals surface area contributed by atoms with Crippen molar-refractivity contribution in [2.75, 3.05) is 6.61 Å². The molecule has 0 aromatic carbocycles. The average molecular weight is 194 g/mol. The van der Waals surface area contributed by atoms with Crippen molar-refractivity contribution < 1.29 is 9.53 Å². The van der Waals surface area contributed by atoms with Gasteiger partial charge in [-0.15, -0.1) is 11.3 Å². The Morgan fingerprint density at radius 2 is 2.54 bits per heavy atom. The summed E-state index contributed by atoms with van der Waals surface area (Å²) in [6.07, 6.45) is 0.172. The van der Waals surface area contributed by atoms with Crippen molar-refractivity contribution in [2.45, 2.75) is 13.3 Å². The van der Waals surface area contributed by atoms with E-state index in [4.69, 9.17) is 4.74 Å². The monoisotopic (exact) mass is 194 g/mol. The number of esters is 1. The summed E-state index contributed by atoms with van der Waals surface area (Å²) in [5.74, 6) is 5.38. The normalized spacial score (nSPS) is 8.69. The maximum absolute atomic E-state index is 10.9. The van der Waals surface area contributed by atoms with E-state index in [2.05, 4.69) is 11.8 Å². The number of thiophene rings is 1. The fourth-order valence-electron chi connectivity index (χ4n) is 0.765. The minimum absolute atomic E-state index is 0.172. The highest BCUT2D eigenvalue weighted by atomic mass is 32.1. The zero-order valence-electron chi connectivity index (χ0n) is 7.37. The van der Waals surface area contributed by atoms with Gasteiger partial charge < -0.3 is 4.74 Å². The maximum Gasteiger partial charge on any atom is 0.317 e. The van der Waals surface area contributed by atoms with E-state index in [1.807, 2.05) is 17.5 Å². The number of carbonyl (C=O) groups excluding carboxylic acids is 1. The highest BCUT2D eigenvalue weighted by Gasteiger charge is 1.95. The predicted molar refractivity (Wildman–Crippen MR) is 52.4 cm³/mol. The summed E-state index contributed by atoms with van der Waals surface area (Å²) in [5.41, 5.74) is 0. The van der Waals surface area contributed by atoms with E-state index in [0.717, 1.165) is 4.88 Å². The van der Waals surface area contributed by atoms with Crippen molar-refractivity contribution >= 4 is 17.3 Å². The molecule has 0 fully saturated rings. The first kappa shape index (κ1) is 9.82. The molecular weight excluding hydrogens is 184 g/mol. The highest BCUT2D eigenvalue weighted by Crippen LogP contribution is 2.05. The number of carbonyl (C=O) groups is 1. The fraction of sp³-hybridized carbons (Fsp3) is 0.300. The molecule has 0 aliphatic rings. The molecule has 1 aromatic heterocycles. The molecule has 3 heteroatoms. The number of hydrogen-bond acceptors (Lipinski definition) is 3. The van der Waals surface area contributed by atoms with E-state index in [9.17, 15) is 4.79 Å². The largest absolute Gasteiger partial charge is 0.465 e. The second-order valence-corrected chi connectivity index (χ2v) is 3.21. The van der Waals surface area contributed by atoms with Gasteiger partial charge in [0.2, 0.25) is 0 Å². The maximum atomic E-state index is 10.9. The van der Waals surface area contributed by atoms with Crippen LogP contribution in [0.15, 0.2) is 17.5 Å². The minimum atomic E-state index is -0.258. The summed E-state index contributed by atoms with van der Waals surface area (Å²) in [4.78, 5) is 11.8. The molecule has 68 valence electrons. The third-order valence-electron chi connectivity index (χ3n) is 1.27. The second kappa shape index (κ2) is 5.39. The van der Waals surface area contributed by atoms with Crippen molar-refractivity contribution in [1.29, 1.82) is 0 Å². The predicted octanol–water partition coefficient (Wildman–Crippen LogP) is 2.05. The van der Waals surface area contributed by atoms with Gasteiger partial charge in [0.05, 0.1) is 11.5 Å². The number of hydrogen-bond donors (Lipinski definition) is 0. The molecule has 1 rings (SSSR count). The Bertz CT molecular complexity index is 316. The van der Waals surface area contributed by atoms with Crippen LogP contribution in [0.3, 0.4) is 0 Å². The van der Waals surface area contributed by atoms with Gasteiger partial charge in [0, 0.05) is 0 Å². The molecule has 0 spiro atoms. The quantitative estimate of drug-likeness (QED) is 0.532. The first-order valence-electron chi connectivity index (χ1n) is 4.01. The fourth-order valence-corrected chi connectivity index (χ4v) is 1.36. The van der Waals surface area contributed by atoms with Gasteiger partial charge in [-0.25, -0.2) is 0 Å². The van der Waals surface area contributed by atoms with Gasteiger partial charge >= 0.3 is 5.97 Å². The lowest BCUT2D eigenvalue weighted by Gasteiger charge is -1.94. The van der Waals surface area contributed by atoms with Crippen LogP contribution in [0.25, 0.3) is 0 Å². The van der Waals surface area contributed by atoms with Crippen molar-refractivity contribution in [1.82, 2.24) is 0 Å². The zero-order valence-corrected chi connectivity index (χ0v) is 8.19. The summed E-state index contributed by atoms with van der Waals surface area (Å²) in [6, 6.07) is 3.85. The molecule has 0 atom stereocenters. The molecule has 0 bridgehead atoms. The third kappa shape index (κ3) is 3.77. The summed E-state index contributed by atoms with van der Waals surface area (Å²) in [7, 11) is 0. The van der Waals surface area contributed by atoms with Gasteiger partial charge in [-0.1, -0.05) is 17.9 Å². The summed E-state index contributed by atoms with van der Waals surface area (Å²) in [6.45, 7) is 2.20. The van der Waals surface area contributed by atoms with Crippen LogP contribution in [-0.4, -0.2) is 12.6 Å². The smallest absolute Gasteiger partial charge is 0.317 e. The van der Waals surface area contributed by atoms with E-state index in [-0.39, 0.29) is 12.4 Å². The minimum Gasteiger partial charge on any atom is -0.465 e. The lowest BCUT2D eigenvalue weighted by Crippen LogP contribution is -2.01. The first-order chi connectivity index (χ1) is 6.33. The van der Waals surface area contributed by atoms with E-state index in [1.54, 1.807) is 18.3 Å². The SMILES string of the molecule is CCOC(=O)CC#Cc1cccs1. The van der Waals surface area contributed by atoms with Crippen molar-refractivity contribution in [2.24, 2.45) is 0 Å². The van der Waals surface area contributed by atoms with E-state index < -0.39 is 0 Å². The van der Waals surface area contributed by atoms with Gasteiger partial charge in [-0.2, -0.15) is 0 Å². The van der Waals surface area contributed by atoms with E-state index >= 15 is 0 Å². The van der Waals surface area contributed by atoms with E-state index in [0.29, 0.717) is 6.61 Å². The van der Waals surface area contributed by atoms with Crippen LogP contribution in [0, 0.1) is 11.8 Å². The number of rotatable bonds is 2. The van der Waals surface area contributed by atoms with Crippen molar-refractivity contribution in [3.8, 4) is 11.8 Å². The Kier molecular flexibility index (Phi) is 4.07. The molecule has 0 unspecified atom stereocenters. The molecule has 0 saturated heterocycles. The molecule has 13 heavy (non-hydrogen) atoms. The molecule has 1 aromatic rings. The van der Waals surface area contributed by atoms with Crippen molar-refractivity contribution in [3.63, 3.8) is 0 Å². The van der Waals surface area contributed by atoms with Crippen molar-refractivity contribution in [3.05, 3.63) is 22.4 Å². The Hall–Kier alpha value is -1.27. The van der Waals surface area contributed by atoms with Crippen LogP contribution >= 0.6 is 11.3 Å². The van der Waals surface area contributed by atoms with Gasteiger partial charge in [0.1, 0.15) is 6.42 Å². The molecule has 0 N–H and O–H groups in total. The standard InChI is InChI=1S/C10H10O2S/c1-2-12-10(11)7-3-5-9-6-4-8-13-9/h4,6,8H,2,7H2,1H3. The number of ether oxygens (including phenoxy) is 1. The molecule has 1 heterocycles. The Labute approximate surface area is 81.5 Å². The molecule has 0 aliphatic heterocycles. The van der Waals surface area contributed by atoms with Crippen LogP contribution < -0.4 is 0 Å². The Morgan fingerprint density at radius 1 is 1.69 bits per heavy atom. The summed E-state index contributed by atoms with van der Waals surface area (Å²) < 4.78 is 4.72. The molecule has 0 aliphatic carbocycles. The molecule has 2 nitrogen and oxygen atoms in total. The summed E-state index contributed by atoms with van der Waals surface area (Å²) >= 11 is 1.56. The van der Waals surface area contributed by atoms with E-state index in [1.165, 1.54) is 0 Å². The van der Waals surface area contributed by atoms with Gasteiger partial charge in [0.25, 0.3) is 0 Å². The Balaban J connectivity index is 2.37. The third-order valence-corrected chi connectivity index (χ3v) is 2.06. The topological polar surface area (TPSA) is 26.3 Å². The lowest BCUT2D eigenvalue weighted by molar-refractivity contribution is -0.141. The van der Waals surface area contributed by atoms with Crippen LogP contribution in [0.1, 0.15) is 18.2 Å². The first-order valence-corrected chi connectivity index (χ1v) is 4.89. The molecule has 0 radical (unpaired) electrons. The van der Waals surface area contributed by atoms with Gasteiger partial charge in [-0.3, -0.25) is 4.79 Å². The van der Waals surface area contributed by atoms with Gasteiger partial charge in [0.15, 0.2) is 0 Å². The lowest BCUT2D eigenvalue weighted by atomic mass is 10.4. The second-order valence-electron chi connectivity index (χ2n) is 2.26. The summed E-state index contributed by atoms with van der Waals surface area (Å²) in [5, 5.41) is 1.95. The molecular formula is C10H10O2S.